The Morgan fingerprint density at radius 1 is 1.24 bits per heavy atom. The van der Waals surface area contributed by atoms with Crippen LogP contribution in [0, 0.1) is 18.6 Å². The zero-order chi connectivity index (χ0) is 24.1. The number of nitrogens with one attached hydrogen (secondary N) is 1. The molecule has 0 saturated heterocycles. The Labute approximate surface area is 193 Å². The number of methoxy groups -OCH3 is 1. The van der Waals surface area contributed by atoms with Gasteiger partial charge in [-0.25, -0.2) is 13.8 Å². The van der Waals surface area contributed by atoms with Crippen LogP contribution in [0.3, 0.4) is 0 Å². The van der Waals surface area contributed by atoms with Gasteiger partial charge in [-0.3, -0.25) is 9.59 Å². The molecule has 33 heavy (non-hydrogen) atoms. The van der Waals surface area contributed by atoms with Crippen LogP contribution in [-0.4, -0.2) is 30.1 Å². The van der Waals surface area contributed by atoms with Gasteiger partial charge in [0.25, 0.3) is 5.91 Å². The van der Waals surface area contributed by atoms with Crippen molar-refractivity contribution in [2.24, 2.45) is 0 Å². The predicted molar refractivity (Wildman–Crippen MR) is 117 cm³/mol. The molecule has 1 amide bonds. The maximum Gasteiger partial charge on any atom is 0.307 e. The van der Waals surface area contributed by atoms with Gasteiger partial charge in [-0.15, -0.1) is 0 Å². The van der Waals surface area contributed by atoms with Crippen LogP contribution in [0.5, 0.6) is 5.75 Å². The van der Waals surface area contributed by atoms with E-state index in [2.05, 4.69) is 10.3 Å². The molecule has 0 spiro atoms. The third-order valence-electron chi connectivity index (χ3n) is 4.71. The maximum absolute atomic E-state index is 13.9. The highest BCUT2D eigenvalue weighted by molar-refractivity contribution is 6.31. The number of anilines is 1. The molecule has 0 bridgehead atoms. The molecule has 1 N–H and O–H groups in total. The molecule has 10 heteroatoms. The SMILES string of the molecule is COc1cc(Cl)c(C)cc1NC(=O)C(C)OC(=O)CCc1ncc(-c2ccc(F)cc2F)o1. The van der Waals surface area contributed by atoms with Gasteiger partial charge in [0, 0.05) is 23.6 Å². The second-order valence-electron chi connectivity index (χ2n) is 7.17. The van der Waals surface area contributed by atoms with Gasteiger partial charge in [-0.2, -0.15) is 0 Å². The Morgan fingerprint density at radius 2 is 2.00 bits per heavy atom. The molecule has 1 unspecified atom stereocenters. The summed E-state index contributed by atoms with van der Waals surface area (Å²) in [4.78, 5) is 28.6. The van der Waals surface area contributed by atoms with Crippen molar-refractivity contribution in [2.45, 2.75) is 32.8 Å². The lowest BCUT2D eigenvalue weighted by Crippen LogP contribution is -2.30. The van der Waals surface area contributed by atoms with Crippen molar-refractivity contribution in [2.75, 3.05) is 12.4 Å². The van der Waals surface area contributed by atoms with E-state index < -0.39 is 29.6 Å². The van der Waals surface area contributed by atoms with E-state index >= 15 is 0 Å². The topological polar surface area (TPSA) is 90.7 Å². The number of ether oxygens (including phenoxy) is 2. The van der Waals surface area contributed by atoms with E-state index in [0.717, 1.165) is 17.7 Å². The van der Waals surface area contributed by atoms with Gasteiger partial charge in [-0.05, 0) is 37.6 Å². The van der Waals surface area contributed by atoms with Crippen molar-refractivity contribution in [3.63, 3.8) is 0 Å². The van der Waals surface area contributed by atoms with Crippen LogP contribution in [-0.2, 0) is 20.7 Å². The van der Waals surface area contributed by atoms with E-state index in [-0.39, 0.29) is 30.1 Å². The molecular weight excluding hydrogens is 458 g/mol. The second-order valence-corrected chi connectivity index (χ2v) is 7.57. The molecule has 0 radical (unpaired) electrons. The van der Waals surface area contributed by atoms with Crippen LogP contribution in [0.25, 0.3) is 11.3 Å². The van der Waals surface area contributed by atoms with Crippen LogP contribution in [0.2, 0.25) is 5.02 Å². The van der Waals surface area contributed by atoms with E-state index in [1.165, 1.54) is 26.3 Å². The molecule has 1 atom stereocenters. The van der Waals surface area contributed by atoms with Gasteiger partial charge in [0.15, 0.2) is 17.8 Å². The number of nitrogens with zero attached hydrogens (tertiary/aromatic N) is 1. The van der Waals surface area contributed by atoms with Gasteiger partial charge >= 0.3 is 5.97 Å². The summed E-state index contributed by atoms with van der Waals surface area (Å²) in [5, 5.41) is 3.13. The number of hydrogen-bond donors (Lipinski definition) is 1. The van der Waals surface area contributed by atoms with E-state index in [1.54, 1.807) is 19.1 Å². The first-order chi connectivity index (χ1) is 15.7. The predicted octanol–water partition coefficient (Wildman–Crippen LogP) is 5.09. The number of halogens is 3. The first kappa shape index (κ1) is 24.2. The summed E-state index contributed by atoms with van der Waals surface area (Å²) in [6, 6.07) is 6.30. The summed E-state index contributed by atoms with van der Waals surface area (Å²) in [6.45, 7) is 3.21. The minimum atomic E-state index is -1.08. The van der Waals surface area contributed by atoms with Gasteiger partial charge < -0.3 is 19.2 Å². The van der Waals surface area contributed by atoms with Crippen LogP contribution in [0.1, 0.15) is 24.8 Å². The summed E-state index contributed by atoms with van der Waals surface area (Å²) in [6.07, 6.45) is 0.160. The summed E-state index contributed by atoms with van der Waals surface area (Å²) in [5.74, 6) is -2.04. The smallest absolute Gasteiger partial charge is 0.307 e. The number of oxazole rings is 1. The standard InChI is InChI=1S/C23H21ClF2N2O5/c1-12-8-18(19(31-3)10-16(12)24)28-23(30)13(2)32-22(29)7-6-21-27-11-20(33-21)15-5-4-14(25)9-17(15)26/h4-5,8-11,13H,6-7H2,1-3H3,(H,28,30). The zero-order valence-corrected chi connectivity index (χ0v) is 18.8. The van der Waals surface area contributed by atoms with Gasteiger partial charge in [-0.1, -0.05) is 11.6 Å². The lowest BCUT2D eigenvalue weighted by Gasteiger charge is -2.16. The molecule has 0 fully saturated rings. The number of aromatic nitrogens is 1. The number of rotatable bonds is 8. The molecule has 2 aromatic carbocycles. The minimum absolute atomic E-state index is 0.0517. The number of carbonyl (C=O) groups is 2. The third kappa shape index (κ3) is 6.07. The van der Waals surface area contributed by atoms with Crippen molar-refractivity contribution in [1.29, 1.82) is 0 Å². The molecule has 3 aromatic rings. The fraction of sp³-hybridized carbons (Fsp3) is 0.261. The zero-order valence-electron chi connectivity index (χ0n) is 18.1. The van der Waals surface area contributed by atoms with Gasteiger partial charge in [0.2, 0.25) is 0 Å². The number of hydrogen-bond acceptors (Lipinski definition) is 6. The van der Waals surface area contributed by atoms with Crippen LogP contribution >= 0.6 is 11.6 Å². The summed E-state index contributed by atoms with van der Waals surface area (Å²) < 4.78 is 42.7. The lowest BCUT2D eigenvalue weighted by molar-refractivity contribution is -0.153. The third-order valence-corrected chi connectivity index (χ3v) is 5.12. The molecule has 3 rings (SSSR count). The number of carbonyl (C=O) groups excluding carboxylic acids is 2. The minimum Gasteiger partial charge on any atom is -0.495 e. The Balaban J connectivity index is 1.54. The lowest BCUT2D eigenvalue weighted by atomic mass is 10.2. The summed E-state index contributed by atoms with van der Waals surface area (Å²) in [5.41, 5.74) is 1.19. The highest BCUT2D eigenvalue weighted by Crippen LogP contribution is 2.31. The maximum atomic E-state index is 13.9. The van der Waals surface area contributed by atoms with Gasteiger partial charge in [0.05, 0.1) is 31.0 Å². The van der Waals surface area contributed by atoms with Crippen molar-refractivity contribution >= 4 is 29.2 Å². The first-order valence-corrected chi connectivity index (χ1v) is 10.3. The fourth-order valence-electron chi connectivity index (χ4n) is 2.92. The van der Waals surface area contributed by atoms with Crippen molar-refractivity contribution in [1.82, 2.24) is 4.98 Å². The monoisotopic (exact) mass is 478 g/mol. The highest BCUT2D eigenvalue weighted by atomic mass is 35.5. The molecule has 1 heterocycles. The fourth-order valence-corrected chi connectivity index (χ4v) is 3.08. The Hall–Kier alpha value is -3.46. The van der Waals surface area contributed by atoms with Crippen LogP contribution < -0.4 is 10.1 Å². The molecule has 0 saturated carbocycles. The number of esters is 1. The molecule has 7 nitrogen and oxygen atoms in total. The van der Waals surface area contributed by atoms with E-state index in [4.69, 9.17) is 25.5 Å². The first-order valence-electron chi connectivity index (χ1n) is 9.92. The second kappa shape index (κ2) is 10.4. The van der Waals surface area contributed by atoms with Gasteiger partial charge in [0.1, 0.15) is 17.4 Å². The molecule has 1 aromatic heterocycles. The molecular formula is C23H21ClF2N2O5. The van der Waals surface area contributed by atoms with Crippen LogP contribution in [0.15, 0.2) is 40.9 Å². The van der Waals surface area contributed by atoms with Crippen molar-refractivity contribution in [3.8, 4) is 17.1 Å². The number of amides is 1. The largest absolute Gasteiger partial charge is 0.495 e. The normalized spacial score (nSPS) is 11.7. The molecule has 0 aliphatic rings. The highest BCUT2D eigenvalue weighted by Gasteiger charge is 2.20. The quantitative estimate of drug-likeness (QED) is 0.453. The van der Waals surface area contributed by atoms with E-state index in [1.807, 2.05) is 0 Å². The Kier molecular flexibility index (Phi) is 7.65. The van der Waals surface area contributed by atoms with E-state index in [0.29, 0.717) is 16.5 Å². The van der Waals surface area contributed by atoms with E-state index in [9.17, 15) is 18.4 Å². The summed E-state index contributed by atoms with van der Waals surface area (Å²) in [7, 11) is 1.44. The average Bonchev–Trinajstić information content (AvgIpc) is 3.23. The molecule has 0 aliphatic carbocycles. The van der Waals surface area contributed by atoms with Crippen molar-refractivity contribution in [3.05, 3.63) is 64.6 Å². The average molecular weight is 479 g/mol. The summed E-state index contributed by atoms with van der Waals surface area (Å²) >= 11 is 6.06. The number of benzene rings is 2. The van der Waals surface area contributed by atoms with Crippen LogP contribution in [0.4, 0.5) is 14.5 Å². The number of aryl methyl sites for hydroxylation is 2. The Bertz CT molecular complexity index is 1180. The molecule has 0 aliphatic heterocycles. The van der Waals surface area contributed by atoms with Crippen molar-refractivity contribution < 1.29 is 32.3 Å². The molecule has 174 valence electrons. The Morgan fingerprint density at radius 3 is 2.70 bits per heavy atom.